The summed E-state index contributed by atoms with van der Waals surface area (Å²) < 4.78 is 0. The highest BCUT2D eigenvalue weighted by Gasteiger charge is 2.21. The van der Waals surface area contributed by atoms with Crippen LogP contribution in [0.25, 0.3) is 0 Å². The molecule has 0 fully saturated rings. The lowest BCUT2D eigenvalue weighted by atomic mass is 10.2. The molecule has 1 aromatic heterocycles. The van der Waals surface area contributed by atoms with Crippen molar-refractivity contribution in [1.82, 2.24) is 15.3 Å². The van der Waals surface area contributed by atoms with Crippen LogP contribution < -0.4 is 21.9 Å². The Morgan fingerprint density at radius 1 is 1.45 bits per heavy atom. The minimum absolute atomic E-state index is 0.00886. The Labute approximate surface area is 115 Å². The van der Waals surface area contributed by atoms with Gasteiger partial charge >= 0.3 is 5.69 Å². The predicted octanol–water partition coefficient (Wildman–Crippen LogP) is -0.00460. The first-order valence-corrected chi connectivity index (χ1v) is 5.90. The minimum Gasteiger partial charge on any atom is -0.353 e. The molecule has 1 rings (SSSR count). The average Bonchev–Trinajstić information content (AvgIpc) is 2.37. The standard InChI is InChI=1S/C10H17N7O3/c1-5(2)13-9(18)6(3)14-8-7(17(19)20)4-12-10(15-8)16-11/h4-6H,11H2,1-3H3,(H,13,18)(H2,12,14,15,16). The van der Waals surface area contributed by atoms with E-state index in [-0.39, 0.29) is 29.4 Å². The van der Waals surface area contributed by atoms with Gasteiger partial charge in [0.05, 0.1) is 4.92 Å². The Hall–Kier alpha value is -2.49. The normalized spacial score (nSPS) is 11.8. The van der Waals surface area contributed by atoms with Crippen LogP contribution >= 0.6 is 0 Å². The fraction of sp³-hybridized carbons (Fsp3) is 0.500. The van der Waals surface area contributed by atoms with Gasteiger partial charge in [-0.3, -0.25) is 20.3 Å². The van der Waals surface area contributed by atoms with E-state index in [9.17, 15) is 14.9 Å². The van der Waals surface area contributed by atoms with Gasteiger partial charge in [0, 0.05) is 6.04 Å². The molecule has 1 unspecified atom stereocenters. The second kappa shape index (κ2) is 6.61. The Morgan fingerprint density at radius 2 is 2.10 bits per heavy atom. The molecule has 5 N–H and O–H groups in total. The maximum absolute atomic E-state index is 11.8. The van der Waals surface area contributed by atoms with Gasteiger partial charge < -0.3 is 10.6 Å². The monoisotopic (exact) mass is 283 g/mol. The summed E-state index contributed by atoms with van der Waals surface area (Å²) in [5.41, 5.74) is 1.84. The third kappa shape index (κ3) is 4.02. The third-order valence-corrected chi connectivity index (χ3v) is 2.27. The fourth-order valence-electron chi connectivity index (χ4n) is 1.36. The third-order valence-electron chi connectivity index (χ3n) is 2.27. The van der Waals surface area contributed by atoms with E-state index in [1.165, 1.54) is 0 Å². The van der Waals surface area contributed by atoms with Gasteiger partial charge in [0.25, 0.3) is 0 Å². The highest BCUT2D eigenvalue weighted by molar-refractivity contribution is 5.84. The summed E-state index contributed by atoms with van der Waals surface area (Å²) in [6, 6.07) is -0.731. The molecule has 0 aliphatic rings. The zero-order valence-corrected chi connectivity index (χ0v) is 11.4. The van der Waals surface area contributed by atoms with Crippen molar-refractivity contribution in [3.63, 3.8) is 0 Å². The van der Waals surface area contributed by atoms with Gasteiger partial charge in [-0.1, -0.05) is 0 Å². The van der Waals surface area contributed by atoms with Gasteiger partial charge in [-0.15, -0.1) is 0 Å². The number of hydrazine groups is 1. The SMILES string of the molecule is CC(C)NC(=O)C(C)Nc1nc(NN)ncc1[N+](=O)[O-]. The van der Waals surface area contributed by atoms with Crippen LogP contribution in [0.15, 0.2) is 6.20 Å². The molecule has 0 aliphatic heterocycles. The molecule has 0 radical (unpaired) electrons. The van der Waals surface area contributed by atoms with E-state index in [1.54, 1.807) is 6.92 Å². The molecule has 10 heteroatoms. The van der Waals surface area contributed by atoms with Crippen molar-refractivity contribution in [3.05, 3.63) is 16.3 Å². The van der Waals surface area contributed by atoms with Crippen molar-refractivity contribution in [2.24, 2.45) is 5.84 Å². The number of nitrogens with two attached hydrogens (primary N) is 1. The maximum Gasteiger partial charge on any atom is 0.329 e. The second-order valence-corrected chi connectivity index (χ2v) is 4.36. The Morgan fingerprint density at radius 3 is 2.60 bits per heavy atom. The highest BCUT2D eigenvalue weighted by atomic mass is 16.6. The number of aromatic nitrogens is 2. The summed E-state index contributed by atoms with van der Waals surface area (Å²) in [7, 11) is 0. The number of rotatable bonds is 6. The Kier molecular flexibility index (Phi) is 5.15. The van der Waals surface area contributed by atoms with Crippen LogP contribution in [0.3, 0.4) is 0 Å². The number of nitrogen functional groups attached to an aromatic ring is 1. The molecule has 0 saturated heterocycles. The molecule has 0 saturated carbocycles. The van der Waals surface area contributed by atoms with Crippen LogP contribution in [-0.4, -0.2) is 32.9 Å². The number of carbonyl (C=O) groups excluding carboxylic acids is 1. The zero-order chi connectivity index (χ0) is 15.3. The quantitative estimate of drug-likeness (QED) is 0.324. The average molecular weight is 283 g/mol. The Balaban J connectivity index is 2.94. The number of nitro groups is 1. The molecule has 1 atom stereocenters. The lowest BCUT2D eigenvalue weighted by Gasteiger charge is -2.16. The van der Waals surface area contributed by atoms with Crippen LogP contribution in [0.4, 0.5) is 17.5 Å². The van der Waals surface area contributed by atoms with Crippen molar-refractivity contribution in [2.75, 3.05) is 10.7 Å². The smallest absolute Gasteiger partial charge is 0.329 e. The van der Waals surface area contributed by atoms with Gasteiger partial charge in [-0.2, -0.15) is 4.98 Å². The molecule has 0 aliphatic carbocycles. The van der Waals surface area contributed by atoms with E-state index < -0.39 is 11.0 Å². The summed E-state index contributed by atoms with van der Waals surface area (Å²) >= 11 is 0. The summed E-state index contributed by atoms with van der Waals surface area (Å²) in [6.45, 7) is 5.20. The van der Waals surface area contributed by atoms with Crippen LogP contribution in [0.1, 0.15) is 20.8 Å². The van der Waals surface area contributed by atoms with Gasteiger partial charge in [-0.05, 0) is 20.8 Å². The van der Waals surface area contributed by atoms with E-state index in [2.05, 4.69) is 26.0 Å². The molecule has 1 aromatic rings. The van der Waals surface area contributed by atoms with Crippen LogP contribution in [-0.2, 0) is 4.79 Å². The summed E-state index contributed by atoms with van der Waals surface area (Å²) in [4.78, 5) is 29.5. The first kappa shape index (κ1) is 15.6. The summed E-state index contributed by atoms with van der Waals surface area (Å²) in [5.74, 6) is 4.78. The van der Waals surface area contributed by atoms with E-state index in [0.717, 1.165) is 6.20 Å². The van der Waals surface area contributed by atoms with Gasteiger partial charge in [0.1, 0.15) is 12.2 Å². The fourth-order valence-corrected chi connectivity index (χ4v) is 1.36. The van der Waals surface area contributed by atoms with Crippen molar-refractivity contribution in [1.29, 1.82) is 0 Å². The van der Waals surface area contributed by atoms with Crippen molar-refractivity contribution in [3.8, 4) is 0 Å². The molecule has 0 bridgehead atoms. The molecule has 20 heavy (non-hydrogen) atoms. The van der Waals surface area contributed by atoms with Gasteiger partial charge in [-0.25, -0.2) is 10.8 Å². The van der Waals surface area contributed by atoms with Gasteiger partial charge in [0.15, 0.2) is 0 Å². The van der Waals surface area contributed by atoms with E-state index in [4.69, 9.17) is 5.84 Å². The maximum atomic E-state index is 11.8. The molecule has 1 amide bonds. The molecular weight excluding hydrogens is 266 g/mol. The summed E-state index contributed by atoms with van der Waals surface area (Å²) in [6.07, 6.45) is 1.01. The van der Waals surface area contributed by atoms with E-state index in [1.807, 2.05) is 13.8 Å². The van der Waals surface area contributed by atoms with Crippen molar-refractivity contribution < 1.29 is 9.72 Å². The zero-order valence-electron chi connectivity index (χ0n) is 11.4. The largest absolute Gasteiger partial charge is 0.353 e. The van der Waals surface area contributed by atoms with Crippen molar-refractivity contribution >= 4 is 23.4 Å². The molecular formula is C10H17N7O3. The molecule has 0 aromatic carbocycles. The van der Waals surface area contributed by atoms with E-state index >= 15 is 0 Å². The first-order valence-electron chi connectivity index (χ1n) is 5.90. The van der Waals surface area contributed by atoms with Crippen LogP contribution in [0.5, 0.6) is 0 Å². The number of nitrogens with zero attached hydrogens (tertiary/aromatic N) is 3. The minimum atomic E-state index is -0.698. The number of hydrogen-bond acceptors (Lipinski definition) is 8. The number of carbonyl (C=O) groups is 1. The number of nitrogens with one attached hydrogen (secondary N) is 3. The van der Waals surface area contributed by atoms with Crippen LogP contribution in [0, 0.1) is 10.1 Å². The number of amides is 1. The Bertz CT molecular complexity index is 506. The topological polar surface area (TPSA) is 148 Å². The summed E-state index contributed by atoms with van der Waals surface area (Å²) in [5, 5.41) is 16.2. The first-order chi connectivity index (χ1) is 9.35. The highest BCUT2D eigenvalue weighted by Crippen LogP contribution is 2.22. The van der Waals surface area contributed by atoms with Crippen LogP contribution in [0.2, 0.25) is 0 Å². The molecule has 110 valence electrons. The predicted molar refractivity (Wildman–Crippen MR) is 72.9 cm³/mol. The molecule has 0 spiro atoms. The van der Waals surface area contributed by atoms with Crippen molar-refractivity contribution in [2.45, 2.75) is 32.9 Å². The number of hydrogen-bond donors (Lipinski definition) is 4. The lowest BCUT2D eigenvalue weighted by molar-refractivity contribution is -0.384. The second-order valence-electron chi connectivity index (χ2n) is 4.36. The number of anilines is 2. The molecule has 1 heterocycles. The van der Waals surface area contributed by atoms with E-state index in [0.29, 0.717) is 0 Å². The molecule has 10 nitrogen and oxygen atoms in total. The van der Waals surface area contributed by atoms with Gasteiger partial charge in [0.2, 0.25) is 17.7 Å². The lowest BCUT2D eigenvalue weighted by Crippen LogP contribution is -2.41.